The molecule has 1 amide bonds. The summed E-state index contributed by atoms with van der Waals surface area (Å²) in [6, 6.07) is 13.8. The molecule has 1 N–H and O–H groups in total. The number of carbonyl (C=O) groups is 1. The molecule has 6 heteroatoms. The van der Waals surface area contributed by atoms with E-state index in [-0.39, 0.29) is 16.7 Å². The molecule has 120 valence electrons. The van der Waals surface area contributed by atoms with Crippen molar-refractivity contribution in [3.63, 3.8) is 0 Å². The van der Waals surface area contributed by atoms with E-state index in [0.717, 1.165) is 11.3 Å². The largest absolute Gasteiger partial charge is 0.326 e. The van der Waals surface area contributed by atoms with Crippen LogP contribution in [0.1, 0.15) is 25.3 Å². The van der Waals surface area contributed by atoms with E-state index in [1.54, 1.807) is 12.1 Å². The molecule has 1 unspecified atom stereocenters. The standard InChI is InChI=1S/C17H18N2O3S/c1-12-11-19(17-6-4-3-5-16(12)17)23(21,22)15-9-7-14(8-10-15)18-13(2)20/h3-10,12H,11H2,1-2H3,(H,18,20). The summed E-state index contributed by atoms with van der Waals surface area (Å²) in [5, 5.41) is 2.63. The van der Waals surface area contributed by atoms with E-state index in [9.17, 15) is 13.2 Å². The first kappa shape index (κ1) is 15.6. The Kier molecular flexibility index (Phi) is 3.85. The Labute approximate surface area is 136 Å². The van der Waals surface area contributed by atoms with Crippen molar-refractivity contribution in [2.45, 2.75) is 24.7 Å². The van der Waals surface area contributed by atoms with Gasteiger partial charge in [-0.2, -0.15) is 0 Å². The molecule has 5 nitrogen and oxygen atoms in total. The van der Waals surface area contributed by atoms with Gasteiger partial charge in [0, 0.05) is 25.1 Å². The maximum Gasteiger partial charge on any atom is 0.264 e. The van der Waals surface area contributed by atoms with Gasteiger partial charge in [-0.1, -0.05) is 25.1 Å². The number of para-hydroxylation sites is 1. The lowest BCUT2D eigenvalue weighted by Gasteiger charge is -2.20. The van der Waals surface area contributed by atoms with Gasteiger partial charge in [0.1, 0.15) is 0 Å². The molecule has 0 aliphatic carbocycles. The zero-order valence-electron chi connectivity index (χ0n) is 13.0. The van der Waals surface area contributed by atoms with Crippen LogP contribution >= 0.6 is 0 Å². The van der Waals surface area contributed by atoms with Gasteiger partial charge in [0.05, 0.1) is 10.6 Å². The minimum atomic E-state index is -3.61. The fourth-order valence-corrected chi connectivity index (χ4v) is 4.42. The average Bonchev–Trinajstić information content (AvgIpc) is 2.86. The third-order valence-corrected chi connectivity index (χ3v) is 5.73. The highest BCUT2D eigenvalue weighted by Crippen LogP contribution is 2.39. The minimum absolute atomic E-state index is 0.166. The lowest BCUT2D eigenvalue weighted by Crippen LogP contribution is -2.29. The fraction of sp³-hybridized carbons (Fsp3) is 0.235. The first-order chi connectivity index (χ1) is 10.9. The molecule has 3 rings (SSSR count). The van der Waals surface area contributed by atoms with Crippen molar-refractivity contribution in [1.29, 1.82) is 0 Å². The van der Waals surface area contributed by atoms with E-state index in [2.05, 4.69) is 5.32 Å². The van der Waals surface area contributed by atoms with Gasteiger partial charge in [-0.05, 0) is 35.9 Å². The van der Waals surface area contributed by atoms with E-state index in [4.69, 9.17) is 0 Å². The van der Waals surface area contributed by atoms with Gasteiger partial charge >= 0.3 is 0 Å². The lowest BCUT2D eigenvalue weighted by molar-refractivity contribution is -0.114. The molecule has 2 aromatic rings. The third kappa shape index (κ3) is 2.82. The minimum Gasteiger partial charge on any atom is -0.326 e. The van der Waals surface area contributed by atoms with Crippen LogP contribution in [0.5, 0.6) is 0 Å². The van der Waals surface area contributed by atoms with E-state index < -0.39 is 10.0 Å². The number of amides is 1. The molecule has 0 saturated heterocycles. The van der Waals surface area contributed by atoms with Crippen molar-refractivity contribution in [3.05, 3.63) is 54.1 Å². The number of nitrogens with one attached hydrogen (secondary N) is 1. The molecule has 0 bridgehead atoms. The number of sulfonamides is 1. The van der Waals surface area contributed by atoms with Crippen LogP contribution in [0.4, 0.5) is 11.4 Å². The van der Waals surface area contributed by atoms with Crippen molar-refractivity contribution < 1.29 is 13.2 Å². The summed E-state index contributed by atoms with van der Waals surface area (Å²) in [5.41, 5.74) is 2.36. The molecule has 1 aliphatic rings. The van der Waals surface area contributed by atoms with Crippen molar-refractivity contribution in [2.75, 3.05) is 16.2 Å². The van der Waals surface area contributed by atoms with Gasteiger partial charge < -0.3 is 5.32 Å². The summed E-state index contributed by atoms with van der Waals surface area (Å²) in [4.78, 5) is 11.3. The van der Waals surface area contributed by atoms with Crippen LogP contribution < -0.4 is 9.62 Å². The van der Waals surface area contributed by atoms with Crippen LogP contribution in [0.25, 0.3) is 0 Å². The number of fused-ring (bicyclic) bond motifs is 1. The number of hydrogen-bond donors (Lipinski definition) is 1. The Bertz CT molecular complexity index is 844. The molecule has 1 aliphatic heterocycles. The van der Waals surface area contributed by atoms with Crippen molar-refractivity contribution >= 4 is 27.3 Å². The summed E-state index contributed by atoms with van der Waals surface area (Å²) in [6.07, 6.45) is 0. The number of benzene rings is 2. The van der Waals surface area contributed by atoms with Crippen molar-refractivity contribution in [2.24, 2.45) is 0 Å². The first-order valence-corrected chi connectivity index (χ1v) is 8.83. The van der Waals surface area contributed by atoms with E-state index in [1.165, 1.54) is 23.4 Å². The van der Waals surface area contributed by atoms with E-state index in [1.807, 2.05) is 31.2 Å². The second-order valence-electron chi connectivity index (χ2n) is 5.70. The lowest BCUT2D eigenvalue weighted by atomic mass is 10.0. The highest BCUT2D eigenvalue weighted by Gasteiger charge is 2.34. The second-order valence-corrected chi connectivity index (χ2v) is 7.56. The molecule has 1 heterocycles. The highest BCUT2D eigenvalue weighted by molar-refractivity contribution is 7.92. The van der Waals surface area contributed by atoms with Crippen molar-refractivity contribution in [3.8, 4) is 0 Å². The van der Waals surface area contributed by atoms with Crippen LogP contribution in [-0.4, -0.2) is 20.9 Å². The van der Waals surface area contributed by atoms with Gasteiger partial charge in [-0.3, -0.25) is 9.10 Å². The Morgan fingerprint density at radius 1 is 1.13 bits per heavy atom. The third-order valence-electron chi connectivity index (χ3n) is 3.94. The van der Waals surface area contributed by atoms with Crippen LogP contribution in [0.15, 0.2) is 53.4 Å². The number of carbonyl (C=O) groups excluding carboxylic acids is 1. The Hall–Kier alpha value is -2.34. The molecular formula is C17H18N2O3S. The summed E-state index contributed by atoms with van der Waals surface area (Å²) in [7, 11) is -3.61. The molecular weight excluding hydrogens is 312 g/mol. The second kappa shape index (κ2) is 5.70. The van der Waals surface area contributed by atoms with Crippen molar-refractivity contribution in [1.82, 2.24) is 0 Å². The average molecular weight is 330 g/mol. The molecule has 1 atom stereocenters. The van der Waals surface area contributed by atoms with E-state index >= 15 is 0 Å². The topological polar surface area (TPSA) is 66.5 Å². The molecule has 0 aromatic heterocycles. The number of hydrogen-bond acceptors (Lipinski definition) is 3. The summed E-state index contributed by atoms with van der Waals surface area (Å²) in [6.45, 7) is 3.87. The summed E-state index contributed by atoms with van der Waals surface area (Å²) in [5.74, 6) is -0.0254. The maximum atomic E-state index is 12.9. The predicted molar refractivity (Wildman–Crippen MR) is 90.1 cm³/mol. The summed E-state index contributed by atoms with van der Waals surface area (Å²) < 4.78 is 27.3. The van der Waals surface area contributed by atoms with Gasteiger partial charge in [0.2, 0.25) is 5.91 Å². The smallest absolute Gasteiger partial charge is 0.264 e. The molecule has 2 aromatic carbocycles. The zero-order chi connectivity index (χ0) is 16.6. The highest BCUT2D eigenvalue weighted by atomic mass is 32.2. The van der Waals surface area contributed by atoms with E-state index in [0.29, 0.717) is 12.2 Å². The predicted octanol–water partition coefficient (Wildman–Crippen LogP) is 2.96. The van der Waals surface area contributed by atoms with Crippen LogP contribution in [0.2, 0.25) is 0 Å². The van der Waals surface area contributed by atoms with Gasteiger partial charge in [0.15, 0.2) is 0 Å². The molecule has 0 spiro atoms. The number of nitrogens with zero attached hydrogens (tertiary/aromatic N) is 1. The first-order valence-electron chi connectivity index (χ1n) is 7.39. The Morgan fingerprint density at radius 2 is 1.78 bits per heavy atom. The Morgan fingerprint density at radius 3 is 2.43 bits per heavy atom. The summed E-state index contributed by atoms with van der Waals surface area (Å²) >= 11 is 0. The van der Waals surface area contributed by atoms with Gasteiger partial charge in [-0.15, -0.1) is 0 Å². The molecule has 0 radical (unpaired) electrons. The monoisotopic (exact) mass is 330 g/mol. The van der Waals surface area contributed by atoms with Gasteiger partial charge in [-0.25, -0.2) is 8.42 Å². The molecule has 0 fully saturated rings. The molecule has 23 heavy (non-hydrogen) atoms. The van der Waals surface area contributed by atoms with Crippen LogP contribution in [-0.2, 0) is 14.8 Å². The maximum absolute atomic E-state index is 12.9. The quantitative estimate of drug-likeness (QED) is 0.941. The van der Waals surface area contributed by atoms with Gasteiger partial charge in [0.25, 0.3) is 10.0 Å². The SMILES string of the molecule is CC(=O)Nc1ccc(S(=O)(=O)N2CC(C)c3ccccc32)cc1. The van der Waals surface area contributed by atoms with Crippen LogP contribution in [0.3, 0.4) is 0 Å². The number of anilines is 2. The molecule has 0 saturated carbocycles. The number of rotatable bonds is 3. The normalized spacial score (nSPS) is 17.0. The fourth-order valence-electron chi connectivity index (χ4n) is 2.85. The Balaban J connectivity index is 1.95. The zero-order valence-corrected chi connectivity index (χ0v) is 13.8. The van der Waals surface area contributed by atoms with Crippen LogP contribution in [0, 0.1) is 0 Å².